The number of nitrogens with zero attached hydrogens (tertiary/aromatic N) is 3. The highest BCUT2D eigenvalue weighted by molar-refractivity contribution is 5.95. The maximum atomic E-state index is 11.4. The van der Waals surface area contributed by atoms with Crippen molar-refractivity contribution in [2.45, 2.75) is 6.92 Å². The monoisotopic (exact) mass is 340 g/mol. The minimum absolute atomic E-state index is 0.0454. The highest BCUT2D eigenvalue weighted by atomic mass is 16.1. The van der Waals surface area contributed by atoms with Crippen LogP contribution in [0, 0.1) is 0 Å². The van der Waals surface area contributed by atoms with Crippen LogP contribution >= 0.6 is 0 Å². The maximum absolute atomic E-state index is 11.4. The third kappa shape index (κ3) is 3.15. The number of rotatable bonds is 4. The summed E-state index contributed by atoms with van der Waals surface area (Å²) in [6.45, 7) is 1.56. The van der Waals surface area contributed by atoms with Gasteiger partial charge in [0.1, 0.15) is 5.82 Å². The molecule has 26 heavy (non-hydrogen) atoms. The number of ketones is 1. The van der Waals surface area contributed by atoms with E-state index in [1.54, 1.807) is 31.5 Å². The van der Waals surface area contributed by atoms with Gasteiger partial charge in [0.15, 0.2) is 11.6 Å². The fourth-order valence-electron chi connectivity index (χ4n) is 2.73. The number of nitrogens with one attached hydrogen (secondary N) is 1. The molecule has 0 fully saturated rings. The molecule has 5 heteroatoms. The van der Waals surface area contributed by atoms with Crippen LogP contribution in [0.1, 0.15) is 17.3 Å². The van der Waals surface area contributed by atoms with Crippen LogP contribution < -0.4 is 5.32 Å². The van der Waals surface area contributed by atoms with Crippen molar-refractivity contribution in [3.63, 3.8) is 0 Å². The van der Waals surface area contributed by atoms with E-state index in [2.05, 4.69) is 15.3 Å². The molecule has 2 heterocycles. The molecule has 0 aliphatic carbocycles. The first-order valence-corrected chi connectivity index (χ1v) is 8.26. The number of hydrogen-bond acceptors (Lipinski definition) is 5. The first-order chi connectivity index (χ1) is 12.7. The molecule has 1 N–H and O–H groups in total. The molecule has 0 aliphatic rings. The van der Waals surface area contributed by atoms with Crippen LogP contribution in [0.5, 0.6) is 0 Å². The molecule has 5 nitrogen and oxygen atoms in total. The van der Waals surface area contributed by atoms with Crippen molar-refractivity contribution in [3.05, 3.63) is 78.6 Å². The van der Waals surface area contributed by atoms with E-state index in [1.807, 2.05) is 48.5 Å². The Morgan fingerprint density at radius 1 is 0.885 bits per heavy atom. The quantitative estimate of drug-likeness (QED) is 0.548. The minimum atomic E-state index is 0.0454. The van der Waals surface area contributed by atoms with Gasteiger partial charge in [0.2, 0.25) is 0 Å². The molecule has 0 aliphatic heterocycles. The van der Waals surface area contributed by atoms with Gasteiger partial charge in [-0.25, -0.2) is 9.97 Å². The third-order valence-electron chi connectivity index (χ3n) is 4.10. The van der Waals surface area contributed by atoms with Gasteiger partial charge in [-0.15, -0.1) is 0 Å². The summed E-state index contributed by atoms with van der Waals surface area (Å²) >= 11 is 0. The molecule has 126 valence electrons. The van der Waals surface area contributed by atoms with E-state index < -0.39 is 0 Å². The highest BCUT2D eigenvalue weighted by Crippen LogP contribution is 2.27. The summed E-state index contributed by atoms with van der Waals surface area (Å²) in [5.74, 6) is 1.40. The summed E-state index contributed by atoms with van der Waals surface area (Å²) in [5.41, 5.74) is 3.30. The first kappa shape index (κ1) is 15.9. The first-order valence-electron chi connectivity index (χ1n) is 8.26. The van der Waals surface area contributed by atoms with Crippen LogP contribution in [0.15, 0.2) is 73.1 Å². The van der Waals surface area contributed by atoms with Crippen molar-refractivity contribution >= 4 is 28.2 Å². The molecule has 0 bridgehead atoms. The van der Waals surface area contributed by atoms with Crippen molar-refractivity contribution in [1.29, 1.82) is 0 Å². The van der Waals surface area contributed by atoms with Crippen LogP contribution in [0.25, 0.3) is 22.3 Å². The van der Waals surface area contributed by atoms with E-state index in [0.717, 1.165) is 28.0 Å². The summed E-state index contributed by atoms with van der Waals surface area (Å²) in [5, 5.41) is 4.28. The number of aromatic nitrogens is 3. The molecular weight excluding hydrogens is 324 g/mol. The summed E-state index contributed by atoms with van der Waals surface area (Å²) < 4.78 is 0. The molecule has 0 saturated carbocycles. The third-order valence-corrected chi connectivity index (χ3v) is 4.10. The average molecular weight is 340 g/mol. The van der Waals surface area contributed by atoms with Crippen LogP contribution in [0.2, 0.25) is 0 Å². The zero-order valence-corrected chi connectivity index (χ0v) is 14.2. The van der Waals surface area contributed by atoms with E-state index >= 15 is 0 Å². The van der Waals surface area contributed by atoms with Crippen molar-refractivity contribution in [2.24, 2.45) is 0 Å². The molecule has 0 unspecified atom stereocenters. The Kier molecular flexibility index (Phi) is 4.11. The van der Waals surface area contributed by atoms with Crippen molar-refractivity contribution in [3.8, 4) is 11.4 Å². The van der Waals surface area contributed by atoms with E-state index in [4.69, 9.17) is 4.98 Å². The molecule has 0 radical (unpaired) electrons. The normalized spacial score (nSPS) is 10.7. The molecule has 2 aromatic carbocycles. The van der Waals surface area contributed by atoms with Crippen LogP contribution in [0.4, 0.5) is 11.5 Å². The molecule has 0 spiro atoms. The largest absolute Gasteiger partial charge is 0.340 e. The van der Waals surface area contributed by atoms with Gasteiger partial charge in [0, 0.05) is 34.6 Å². The summed E-state index contributed by atoms with van der Waals surface area (Å²) in [6, 6.07) is 19.0. The Morgan fingerprint density at radius 2 is 1.62 bits per heavy atom. The average Bonchev–Trinajstić information content (AvgIpc) is 2.69. The number of Topliss-reactive ketones (excluding diaryl/α,β-unsaturated/α-hetero) is 1. The van der Waals surface area contributed by atoms with Gasteiger partial charge in [0.25, 0.3) is 0 Å². The topological polar surface area (TPSA) is 67.8 Å². The number of carbonyl (C=O) groups excluding carboxylic acids is 1. The number of pyridine rings is 1. The van der Waals surface area contributed by atoms with E-state index in [9.17, 15) is 4.79 Å². The summed E-state index contributed by atoms with van der Waals surface area (Å²) in [4.78, 5) is 24.9. The van der Waals surface area contributed by atoms with E-state index in [-0.39, 0.29) is 5.78 Å². The number of benzene rings is 2. The minimum Gasteiger partial charge on any atom is -0.340 e. The zero-order chi connectivity index (χ0) is 17.9. The van der Waals surface area contributed by atoms with Gasteiger partial charge in [-0.05, 0) is 55.5 Å². The Hall–Kier alpha value is -3.60. The van der Waals surface area contributed by atoms with Crippen molar-refractivity contribution in [2.75, 3.05) is 5.32 Å². The number of hydrogen-bond donors (Lipinski definition) is 1. The fraction of sp³-hybridized carbons (Fsp3) is 0.0476. The van der Waals surface area contributed by atoms with Gasteiger partial charge in [-0.2, -0.15) is 0 Å². The van der Waals surface area contributed by atoms with Gasteiger partial charge >= 0.3 is 0 Å². The molecule has 0 saturated heterocycles. The van der Waals surface area contributed by atoms with E-state index in [1.165, 1.54) is 0 Å². The Bertz CT molecular complexity index is 1080. The van der Waals surface area contributed by atoms with Crippen molar-refractivity contribution in [1.82, 2.24) is 15.0 Å². The predicted molar refractivity (Wildman–Crippen MR) is 102 cm³/mol. The lowest BCUT2D eigenvalue weighted by atomic mass is 10.1. The Labute approximate surface area is 150 Å². The van der Waals surface area contributed by atoms with Crippen molar-refractivity contribution < 1.29 is 4.79 Å². The van der Waals surface area contributed by atoms with Gasteiger partial charge < -0.3 is 5.32 Å². The lowest BCUT2D eigenvalue weighted by molar-refractivity contribution is 0.101. The lowest BCUT2D eigenvalue weighted by Gasteiger charge is -2.11. The highest BCUT2D eigenvalue weighted by Gasteiger charge is 2.10. The molecule has 4 rings (SSSR count). The standard InChI is InChI=1S/C21H16N4O/c1-14(26)15-6-8-17(9-7-15)23-21-18-4-2-3-5-19(18)24-20(25-21)16-10-12-22-13-11-16/h2-13H,1H3,(H,23,24,25). The second-order valence-electron chi connectivity index (χ2n) is 5.91. The molecule has 0 amide bonds. The summed E-state index contributed by atoms with van der Waals surface area (Å²) in [7, 11) is 0. The van der Waals surface area contributed by atoms with Gasteiger partial charge in [-0.1, -0.05) is 12.1 Å². The maximum Gasteiger partial charge on any atom is 0.162 e. The number of anilines is 2. The number of fused-ring (bicyclic) bond motifs is 1. The van der Waals surface area contributed by atoms with Crippen LogP contribution in [-0.4, -0.2) is 20.7 Å². The SMILES string of the molecule is CC(=O)c1ccc(Nc2nc(-c3ccncc3)nc3ccccc23)cc1. The zero-order valence-electron chi connectivity index (χ0n) is 14.2. The fourth-order valence-corrected chi connectivity index (χ4v) is 2.73. The number of carbonyl (C=O) groups is 1. The smallest absolute Gasteiger partial charge is 0.162 e. The van der Waals surface area contributed by atoms with Crippen LogP contribution in [-0.2, 0) is 0 Å². The molecule has 2 aromatic heterocycles. The van der Waals surface area contributed by atoms with Gasteiger partial charge in [0.05, 0.1) is 5.52 Å². The Morgan fingerprint density at radius 3 is 2.35 bits per heavy atom. The predicted octanol–water partition coefficient (Wildman–Crippen LogP) is 4.64. The molecule has 4 aromatic rings. The second kappa shape index (κ2) is 6.72. The molecule has 0 atom stereocenters. The van der Waals surface area contributed by atoms with Gasteiger partial charge in [-0.3, -0.25) is 9.78 Å². The lowest BCUT2D eigenvalue weighted by Crippen LogP contribution is -2.00. The van der Waals surface area contributed by atoms with E-state index in [0.29, 0.717) is 11.4 Å². The van der Waals surface area contributed by atoms with Crippen LogP contribution in [0.3, 0.4) is 0 Å². The number of para-hydroxylation sites is 1. The Balaban J connectivity index is 1.79. The second-order valence-corrected chi connectivity index (χ2v) is 5.91. The summed E-state index contributed by atoms with van der Waals surface area (Å²) in [6.07, 6.45) is 3.45. The molecular formula is C21H16N4O.